The highest BCUT2D eigenvalue weighted by molar-refractivity contribution is 5.18. The fourth-order valence-corrected chi connectivity index (χ4v) is 4.78. The molecule has 16 nitrogen and oxygen atoms in total. The number of ether oxygens (including phenoxy) is 6. The van der Waals surface area contributed by atoms with E-state index in [1.165, 1.54) is 7.11 Å². The van der Waals surface area contributed by atoms with Crippen LogP contribution in [-0.4, -0.2) is 154 Å². The van der Waals surface area contributed by atoms with E-state index in [2.05, 4.69) is 5.32 Å². The molecule has 0 aromatic rings. The minimum absolute atomic E-state index is 0.532. The van der Waals surface area contributed by atoms with Crippen LogP contribution in [0.5, 0.6) is 0 Å². The Hall–Kier alpha value is -0.640. The first kappa shape index (κ1) is 27.4. The van der Waals surface area contributed by atoms with E-state index in [1.807, 2.05) is 0 Å². The summed E-state index contributed by atoms with van der Waals surface area (Å²) in [6, 6.07) is -3.14. The highest BCUT2D eigenvalue weighted by Crippen LogP contribution is 2.43. The minimum atomic E-state index is -1.79. The molecular formula is C19H35N3O13. The zero-order valence-electron chi connectivity index (χ0n) is 18.9. The summed E-state index contributed by atoms with van der Waals surface area (Å²) in [5, 5.41) is 73.7. The van der Waals surface area contributed by atoms with Gasteiger partial charge in [0.2, 0.25) is 0 Å². The number of aliphatic hydroxyl groups is 7. The first-order valence-electron chi connectivity index (χ1n) is 11.3. The van der Waals surface area contributed by atoms with Crippen LogP contribution in [0.2, 0.25) is 0 Å². The van der Waals surface area contributed by atoms with E-state index in [1.54, 1.807) is 0 Å². The molecule has 204 valence electrons. The molecule has 4 fully saturated rings. The molecule has 4 heterocycles. The molecule has 4 aliphatic heterocycles. The van der Waals surface area contributed by atoms with Gasteiger partial charge in [0.1, 0.15) is 54.9 Å². The second kappa shape index (κ2) is 10.6. The second-order valence-corrected chi connectivity index (χ2v) is 9.14. The molecular weight excluding hydrogens is 478 g/mol. The molecule has 0 aliphatic carbocycles. The lowest BCUT2D eigenvalue weighted by molar-refractivity contribution is -0.340. The Labute approximate surface area is 200 Å². The summed E-state index contributed by atoms with van der Waals surface area (Å²) in [4.78, 5) is 0. The first-order valence-corrected chi connectivity index (χ1v) is 11.3. The van der Waals surface area contributed by atoms with Crippen molar-refractivity contribution in [2.24, 2.45) is 11.5 Å². The van der Waals surface area contributed by atoms with Crippen LogP contribution < -0.4 is 16.8 Å². The van der Waals surface area contributed by atoms with E-state index in [4.69, 9.17) is 39.9 Å². The first-order chi connectivity index (χ1) is 16.6. The number of methoxy groups -OCH3 is 1. The Kier molecular flexibility index (Phi) is 8.31. The number of fused-ring (bicyclic) bond motifs is 1. The zero-order chi connectivity index (χ0) is 25.7. The third-order valence-electron chi connectivity index (χ3n) is 6.94. The lowest BCUT2D eigenvalue weighted by Crippen LogP contribution is -2.66. The number of rotatable bonds is 8. The van der Waals surface area contributed by atoms with Crippen molar-refractivity contribution < 1.29 is 64.2 Å². The van der Waals surface area contributed by atoms with Crippen LogP contribution in [0.1, 0.15) is 0 Å². The van der Waals surface area contributed by atoms with Crippen LogP contribution >= 0.6 is 0 Å². The van der Waals surface area contributed by atoms with Gasteiger partial charge < -0.3 is 75.6 Å². The van der Waals surface area contributed by atoms with Crippen molar-refractivity contribution in [3.8, 4) is 0 Å². The van der Waals surface area contributed by atoms with E-state index >= 15 is 0 Å². The molecule has 15 atom stereocenters. The van der Waals surface area contributed by atoms with Crippen molar-refractivity contribution in [3.05, 3.63) is 0 Å². The van der Waals surface area contributed by atoms with Gasteiger partial charge in [-0.15, -0.1) is 0 Å². The molecule has 0 aromatic carbocycles. The molecule has 0 radical (unpaired) electrons. The number of hydrogen-bond acceptors (Lipinski definition) is 16. The van der Waals surface area contributed by atoms with E-state index < -0.39 is 111 Å². The van der Waals surface area contributed by atoms with Gasteiger partial charge in [-0.3, -0.25) is 5.32 Å². The maximum Gasteiger partial charge on any atom is 0.178 e. The van der Waals surface area contributed by atoms with Gasteiger partial charge in [0.15, 0.2) is 24.6 Å². The minimum Gasteiger partial charge on any atom is -0.394 e. The SMILES string of the molecule is COC1OC(CO)C(OC2OC(CO)C(OC3OC(CO)C(O)C(O)C3N)C3(O)NC23)C(O)C1N. The lowest BCUT2D eigenvalue weighted by Gasteiger charge is -2.46. The second-order valence-electron chi connectivity index (χ2n) is 9.14. The van der Waals surface area contributed by atoms with E-state index in [-0.39, 0.29) is 0 Å². The average Bonchev–Trinajstić information content (AvgIpc) is 3.56. The Morgan fingerprint density at radius 1 is 0.771 bits per heavy atom. The monoisotopic (exact) mass is 513 g/mol. The Balaban J connectivity index is 1.46. The molecule has 16 heteroatoms. The number of nitrogens with one attached hydrogen (secondary N) is 1. The third-order valence-corrected chi connectivity index (χ3v) is 6.94. The summed E-state index contributed by atoms with van der Waals surface area (Å²) in [5.41, 5.74) is 10.1. The van der Waals surface area contributed by atoms with Gasteiger partial charge in [-0.2, -0.15) is 0 Å². The molecule has 0 bridgehead atoms. The van der Waals surface area contributed by atoms with Crippen LogP contribution in [0.15, 0.2) is 0 Å². The van der Waals surface area contributed by atoms with Crippen molar-refractivity contribution in [3.63, 3.8) is 0 Å². The predicted molar refractivity (Wildman–Crippen MR) is 110 cm³/mol. The van der Waals surface area contributed by atoms with E-state index in [0.717, 1.165) is 0 Å². The van der Waals surface area contributed by atoms with Crippen LogP contribution in [0.3, 0.4) is 0 Å². The van der Waals surface area contributed by atoms with Crippen molar-refractivity contribution in [2.75, 3.05) is 26.9 Å². The van der Waals surface area contributed by atoms with Crippen molar-refractivity contribution in [1.29, 1.82) is 0 Å². The van der Waals surface area contributed by atoms with Gasteiger partial charge in [-0.05, 0) is 0 Å². The Bertz CT molecular complexity index is 721. The van der Waals surface area contributed by atoms with Crippen molar-refractivity contribution in [2.45, 2.75) is 91.6 Å². The Morgan fingerprint density at radius 3 is 1.94 bits per heavy atom. The van der Waals surface area contributed by atoms with E-state index in [9.17, 15) is 35.7 Å². The number of aliphatic hydroxyl groups excluding tert-OH is 6. The largest absolute Gasteiger partial charge is 0.394 e. The lowest BCUT2D eigenvalue weighted by atomic mass is 9.96. The maximum atomic E-state index is 11.1. The summed E-state index contributed by atoms with van der Waals surface area (Å²) < 4.78 is 33.4. The fourth-order valence-electron chi connectivity index (χ4n) is 4.78. The zero-order valence-corrected chi connectivity index (χ0v) is 18.9. The highest BCUT2D eigenvalue weighted by atomic mass is 16.8. The molecule has 4 rings (SSSR count). The molecule has 12 N–H and O–H groups in total. The van der Waals surface area contributed by atoms with Gasteiger partial charge in [-0.25, -0.2) is 0 Å². The third kappa shape index (κ3) is 4.84. The normalized spacial score (nSPS) is 54.3. The van der Waals surface area contributed by atoms with Gasteiger partial charge in [0.25, 0.3) is 0 Å². The molecule has 4 aliphatic rings. The fraction of sp³-hybridized carbons (Fsp3) is 1.00. The topological polar surface area (TPSA) is 271 Å². The summed E-state index contributed by atoms with van der Waals surface area (Å²) >= 11 is 0. The van der Waals surface area contributed by atoms with Crippen LogP contribution in [0.25, 0.3) is 0 Å². The molecule has 4 saturated heterocycles. The van der Waals surface area contributed by atoms with Gasteiger partial charge in [-0.1, -0.05) is 0 Å². The molecule has 0 aromatic heterocycles. The highest BCUT2D eigenvalue weighted by Gasteiger charge is 2.70. The average molecular weight is 513 g/mol. The smallest absolute Gasteiger partial charge is 0.178 e. The van der Waals surface area contributed by atoms with Crippen LogP contribution in [-0.2, 0) is 28.4 Å². The van der Waals surface area contributed by atoms with Crippen LogP contribution in [0.4, 0.5) is 0 Å². The molecule has 15 unspecified atom stereocenters. The van der Waals surface area contributed by atoms with E-state index in [0.29, 0.717) is 0 Å². The summed E-state index contributed by atoms with van der Waals surface area (Å²) in [6.07, 6.45) is -13.7. The quantitative estimate of drug-likeness (QED) is 0.135. The predicted octanol–water partition coefficient (Wildman–Crippen LogP) is -7.05. The van der Waals surface area contributed by atoms with Crippen molar-refractivity contribution >= 4 is 0 Å². The summed E-state index contributed by atoms with van der Waals surface area (Å²) in [7, 11) is 1.34. The Morgan fingerprint density at radius 2 is 1.34 bits per heavy atom. The molecule has 0 amide bonds. The van der Waals surface area contributed by atoms with Crippen LogP contribution in [0, 0.1) is 0 Å². The van der Waals surface area contributed by atoms with Gasteiger partial charge >= 0.3 is 0 Å². The molecule has 0 saturated carbocycles. The number of nitrogens with two attached hydrogens (primary N) is 2. The molecule has 35 heavy (non-hydrogen) atoms. The van der Waals surface area contributed by atoms with Crippen molar-refractivity contribution in [1.82, 2.24) is 5.32 Å². The van der Waals surface area contributed by atoms with Gasteiger partial charge in [0.05, 0.1) is 31.9 Å². The number of hydrogen-bond donors (Lipinski definition) is 10. The maximum absolute atomic E-state index is 11.1. The van der Waals surface area contributed by atoms with Gasteiger partial charge in [0, 0.05) is 7.11 Å². The summed E-state index contributed by atoms with van der Waals surface area (Å²) in [5.74, 6) is 0. The standard InChI is InChI=1S/C19H35N3O13/c1-30-16-9(21)12(28)13(6(3-24)32-16)34-18-14-19(29,22-14)15(7(4-25)33-18)35-17-8(20)11(27)10(26)5(2-23)31-17/h5-18,22-29H,2-4,20-21H2,1H3. The summed E-state index contributed by atoms with van der Waals surface area (Å²) in [6.45, 7) is -1.80. The molecule has 0 spiro atoms.